The lowest BCUT2D eigenvalue weighted by atomic mass is 10.1. The van der Waals surface area contributed by atoms with Gasteiger partial charge in [-0.15, -0.1) is 0 Å². The molecule has 0 saturated carbocycles. The number of hydrogen-bond acceptors (Lipinski definition) is 2. The minimum Gasteiger partial charge on any atom is -0.223 e. The van der Waals surface area contributed by atoms with E-state index in [1.54, 1.807) is 43.3 Å². The van der Waals surface area contributed by atoms with Crippen LogP contribution in [0, 0.1) is 13.8 Å². The Labute approximate surface area is 143 Å². The zero-order chi connectivity index (χ0) is 18.0. The van der Waals surface area contributed by atoms with Gasteiger partial charge in [0.05, 0.1) is 11.4 Å². The Balaban J connectivity index is 2.15. The first kappa shape index (κ1) is 17.0. The molecule has 6 heteroatoms. The zero-order valence-electron chi connectivity index (χ0n) is 13.7. The predicted octanol–water partition coefficient (Wildman–Crippen LogP) is 5.17. The molecule has 0 unspecified atom stereocenters. The minimum atomic E-state index is -4.57. The Bertz CT molecular complexity index is 892. The van der Waals surface area contributed by atoms with Gasteiger partial charge in [0, 0.05) is 11.6 Å². The van der Waals surface area contributed by atoms with Crippen LogP contribution in [0.4, 0.5) is 19.0 Å². The second-order valence-corrected chi connectivity index (χ2v) is 5.72. The van der Waals surface area contributed by atoms with Gasteiger partial charge in [-0.3, -0.25) is 0 Å². The van der Waals surface area contributed by atoms with E-state index in [1.165, 1.54) is 22.9 Å². The van der Waals surface area contributed by atoms with Crippen LogP contribution in [0.1, 0.15) is 16.8 Å². The van der Waals surface area contributed by atoms with Gasteiger partial charge in [0.25, 0.3) is 0 Å². The molecule has 3 rings (SSSR count). The van der Waals surface area contributed by atoms with Gasteiger partial charge in [-0.05, 0) is 26.0 Å². The standard InChI is InChI=1S/C19H16F3N3/c1-13-8-10-15(11-9-13)18(19(20,21)22)23-17-12-14(2)24-25(17)16-6-4-3-5-7-16/h3-12H,1-2H3/b23-18-. The summed E-state index contributed by atoms with van der Waals surface area (Å²) in [6.07, 6.45) is -4.57. The molecule has 0 bridgehead atoms. The Morgan fingerprint density at radius 2 is 1.60 bits per heavy atom. The number of halogens is 3. The molecule has 0 aliphatic heterocycles. The van der Waals surface area contributed by atoms with Gasteiger partial charge >= 0.3 is 6.18 Å². The van der Waals surface area contributed by atoms with Gasteiger partial charge in [0.2, 0.25) is 0 Å². The number of aryl methyl sites for hydroxylation is 2. The summed E-state index contributed by atoms with van der Waals surface area (Å²) in [6.45, 7) is 3.54. The van der Waals surface area contributed by atoms with E-state index in [0.29, 0.717) is 11.4 Å². The van der Waals surface area contributed by atoms with Crippen LogP contribution in [0.3, 0.4) is 0 Å². The van der Waals surface area contributed by atoms with Gasteiger partial charge in [-0.1, -0.05) is 48.0 Å². The maximum Gasteiger partial charge on any atom is 0.434 e. The summed E-state index contributed by atoms with van der Waals surface area (Å²) in [5, 5.41) is 4.27. The average molecular weight is 343 g/mol. The molecule has 0 aliphatic rings. The van der Waals surface area contributed by atoms with Crippen LogP contribution in [0.15, 0.2) is 65.7 Å². The number of benzene rings is 2. The fourth-order valence-electron chi connectivity index (χ4n) is 2.44. The molecule has 0 amide bonds. The van der Waals surface area contributed by atoms with Crippen molar-refractivity contribution in [1.29, 1.82) is 0 Å². The number of aromatic nitrogens is 2. The summed E-state index contributed by atoms with van der Waals surface area (Å²) in [4.78, 5) is 3.92. The van der Waals surface area contributed by atoms with Gasteiger partial charge in [-0.2, -0.15) is 18.3 Å². The molecule has 0 saturated heterocycles. The van der Waals surface area contributed by atoms with Crippen LogP contribution >= 0.6 is 0 Å². The predicted molar refractivity (Wildman–Crippen MR) is 91.7 cm³/mol. The van der Waals surface area contributed by atoms with Crippen molar-refractivity contribution in [3.8, 4) is 5.69 Å². The third kappa shape index (κ3) is 3.79. The average Bonchev–Trinajstić information content (AvgIpc) is 2.94. The fourth-order valence-corrected chi connectivity index (χ4v) is 2.44. The van der Waals surface area contributed by atoms with Crippen LogP contribution in [0.5, 0.6) is 0 Å². The summed E-state index contributed by atoms with van der Waals surface area (Å²) < 4.78 is 42.1. The van der Waals surface area contributed by atoms with Crippen LogP contribution < -0.4 is 0 Å². The Morgan fingerprint density at radius 3 is 2.20 bits per heavy atom. The van der Waals surface area contributed by atoms with Crippen molar-refractivity contribution < 1.29 is 13.2 Å². The molecule has 0 radical (unpaired) electrons. The van der Waals surface area contributed by atoms with E-state index in [2.05, 4.69) is 10.1 Å². The monoisotopic (exact) mass is 343 g/mol. The molecule has 1 aromatic heterocycles. The van der Waals surface area contributed by atoms with E-state index in [0.717, 1.165) is 5.56 Å². The lowest BCUT2D eigenvalue weighted by Gasteiger charge is -2.12. The molecule has 0 N–H and O–H groups in total. The van der Waals surface area contributed by atoms with Crippen LogP contribution in [-0.2, 0) is 0 Å². The van der Waals surface area contributed by atoms with Crippen molar-refractivity contribution in [2.75, 3.05) is 0 Å². The first-order valence-corrected chi connectivity index (χ1v) is 7.69. The zero-order valence-corrected chi connectivity index (χ0v) is 13.7. The highest BCUT2D eigenvalue weighted by atomic mass is 19.4. The van der Waals surface area contributed by atoms with Gasteiger partial charge in [0.15, 0.2) is 11.5 Å². The normalized spacial score (nSPS) is 12.4. The third-order valence-corrected chi connectivity index (χ3v) is 3.63. The number of rotatable bonds is 3. The SMILES string of the molecule is Cc1ccc(/C(=N/c2cc(C)nn2-c2ccccc2)C(F)(F)F)cc1. The number of para-hydroxylation sites is 1. The smallest absolute Gasteiger partial charge is 0.223 e. The minimum absolute atomic E-state index is 0.0246. The van der Waals surface area contributed by atoms with E-state index < -0.39 is 11.9 Å². The largest absolute Gasteiger partial charge is 0.434 e. The molecule has 2 aromatic carbocycles. The van der Waals surface area contributed by atoms with Gasteiger partial charge in [0.1, 0.15) is 0 Å². The molecule has 1 heterocycles. The molecule has 128 valence electrons. The third-order valence-electron chi connectivity index (χ3n) is 3.63. The van der Waals surface area contributed by atoms with E-state index in [1.807, 2.05) is 13.0 Å². The molecule has 0 atom stereocenters. The Hall–Kier alpha value is -2.89. The fraction of sp³-hybridized carbons (Fsp3) is 0.158. The summed E-state index contributed by atoms with van der Waals surface area (Å²) in [5.74, 6) is 0.136. The maximum absolute atomic E-state index is 13.6. The van der Waals surface area contributed by atoms with Gasteiger partial charge < -0.3 is 0 Å². The Morgan fingerprint density at radius 1 is 0.960 bits per heavy atom. The van der Waals surface area contributed by atoms with E-state index >= 15 is 0 Å². The number of aliphatic imine (C=N–C) groups is 1. The van der Waals surface area contributed by atoms with E-state index in [-0.39, 0.29) is 11.4 Å². The molecular formula is C19H16F3N3. The van der Waals surface area contributed by atoms with Gasteiger partial charge in [-0.25, -0.2) is 9.67 Å². The van der Waals surface area contributed by atoms with Crippen molar-refractivity contribution in [2.45, 2.75) is 20.0 Å². The highest BCUT2D eigenvalue weighted by Crippen LogP contribution is 2.28. The Kier molecular flexibility index (Phi) is 4.44. The van der Waals surface area contributed by atoms with Crippen molar-refractivity contribution in [2.24, 2.45) is 4.99 Å². The first-order valence-electron chi connectivity index (χ1n) is 7.69. The molecule has 3 nitrogen and oxygen atoms in total. The quantitative estimate of drug-likeness (QED) is 0.603. The second kappa shape index (κ2) is 6.55. The molecule has 0 aliphatic carbocycles. The van der Waals surface area contributed by atoms with E-state index in [9.17, 15) is 13.2 Å². The lowest BCUT2D eigenvalue weighted by molar-refractivity contribution is -0.0580. The summed E-state index contributed by atoms with van der Waals surface area (Å²) in [6, 6.07) is 16.6. The van der Waals surface area contributed by atoms with E-state index in [4.69, 9.17) is 0 Å². The van der Waals surface area contributed by atoms with Crippen molar-refractivity contribution >= 4 is 11.5 Å². The molecule has 3 aromatic rings. The second-order valence-electron chi connectivity index (χ2n) is 5.72. The summed E-state index contributed by atoms with van der Waals surface area (Å²) >= 11 is 0. The maximum atomic E-state index is 13.6. The lowest BCUT2D eigenvalue weighted by Crippen LogP contribution is -2.24. The van der Waals surface area contributed by atoms with Crippen LogP contribution in [0.2, 0.25) is 0 Å². The topological polar surface area (TPSA) is 30.2 Å². The number of nitrogens with zero attached hydrogens (tertiary/aromatic N) is 3. The molecule has 0 spiro atoms. The van der Waals surface area contributed by atoms with Crippen LogP contribution in [0.25, 0.3) is 5.69 Å². The highest BCUT2D eigenvalue weighted by Gasteiger charge is 2.37. The van der Waals surface area contributed by atoms with Crippen molar-refractivity contribution in [3.05, 3.63) is 77.5 Å². The van der Waals surface area contributed by atoms with Crippen molar-refractivity contribution in [3.63, 3.8) is 0 Å². The summed E-state index contributed by atoms with van der Waals surface area (Å²) in [7, 11) is 0. The van der Waals surface area contributed by atoms with Crippen LogP contribution in [-0.4, -0.2) is 21.7 Å². The highest BCUT2D eigenvalue weighted by molar-refractivity contribution is 6.05. The number of alkyl halides is 3. The number of hydrogen-bond donors (Lipinski definition) is 0. The van der Waals surface area contributed by atoms with Crippen molar-refractivity contribution in [1.82, 2.24) is 9.78 Å². The molecule has 25 heavy (non-hydrogen) atoms. The molecule has 0 fully saturated rings. The first-order chi connectivity index (χ1) is 11.8. The summed E-state index contributed by atoms with van der Waals surface area (Å²) in [5.41, 5.74) is 1.21. The molecular weight excluding hydrogens is 327 g/mol.